The summed E-state index contributed by atoms with van der Waals surface area (Å²) in [5, 5.41) is 14.8. The molecule has 8 heteroatoms. The molecule has 2 aromatic rings. The number of rotatable bonds is 7. The van der Waals surface area contributed by atoms with Gasteiger partial charge in [-0.05, 0) is 31.2 Å². The Morgan fingerprint density at radius 1 is 1.32 bits per heavy atom. The molecule has 1 N–H and O–H groups in total. The van der Waals surface area contributed by atoms with Gasteiger partial charge < -0.3 is 4.74 Å². The van der Waals surface area contributed by atoms with Crippen molar-refractivity contribution in [1.82, 2.24) is 5.43 Å². The predicted octanol–water partition coefficient (Wildman–Crippen LogP) is 3.15. The van der Waals surface area contributed by atoms with Crippen LogP contribution in [0.5, 0.6) is 5.75 Å². The lowest BCUT2D eigenvalue weighted by Gasteiger charge is -2.03. The fourth-order valence-electron chi connectivity index (χ4n) is 1.92. The van der Waals surface area contributed by atoms with Crippen molar-refractivity contribution in [2.75, 3.05) is 12.9 Å². The van der Waals surface area contributed by atoms with Gasteiger partial charge in [-0.3, -0.25) is 14.9 Å². The van der Waals surface area contributed by atoms with Gasteiger partial charge in [-0.1, -0.05) is 17.7 Å². The summed E-state index contributed by atoms with van der Waals surface area (Å²) < 4.78 is 4.93. The fourth-order valence-corrected chi connectivity index (χ4v) is 2.62. The molecule has 0 unspecified atom stereocenters. The van der Waals surface area contributed by atoms with E-state index in [1.165, 1.54) is 37.2 Å². The number of benzene rings is 2. The van der Waals surface area contributed by atoms with Crippen LogP contribution in [0.15, 0.2) is 52.5 Å². The van der Waals surface area contributed by atoms with E-state index < -0.39 is 4.92 Å². The van der Waals surface area contributed by atoms with Gasteiger partial charge in [0.25, 0.3) is 0 Å². The molecule has 1 amide bonds. The van der Waals surface area contributed by atoms with E-state index in [2.05, 4.69) is 10.5 Å². The van der Waals surface area contributed by atoms with E-state index in [1.807, 2.05) is 31.2 Å². The van der Waals surface area contributed by atoms with E-state index in [4.69, 9.17) is 4.74 Å². The van der Waals surface area contributed by atoms with Gasteiger partial charge in [0.15, 0.2) is 5.75 Å². The molecule has 0 saturated carbocycles. The molecular weight excluding hydrogens is 342 g/mol. The van der Waals surface area contributed by atoms with E-state index in [9.17, 15) is 14.9 Å². The molecule has 0 fully saturated rings. The number of carbonyl (C=O) groups excluding carboxylic acids is 1. The van der Waals surface area contributed by atoms with Crippen molar-refractivity contribution in [2.45, 2.75) is 11.8 Å². The summed E-state index contributed by atoms with van der Waals surface area (Å²) in [5.74, 6) is 0.133. The number of carbonyl (C=O) groups is 1. The number of amides is 1. The number of ether oxygens (including phenoxy) is 1. The molecule has 0 heterocycles. The maximum absolute atomic E-state index is 11.8. The third-order valence-corrected chi connectivity index (χ3v) is 4.21. The maximum Gasteiger partial charge on any atom is 0.311 e. The minimum atomic E-state index is -0.535. The van der Waals surface area contributed by atoms with E-state index in [0.717, 1.165) is 10.5 Å². The highest BCUT2D eigenvalue weighted by molar-refractivity contribution is 8.00. The molecule has 130 valence electrons. The van der Waals surface area contributed by atoms with Crippen molar-refractivity contribution in [2.24, 2.45) is 5.10 Å². The van der Waals surface area contributed by atoms with E-state index in [-0.39, 0.29) is 23.1 Å². The summed E-state index contributed by atoms with van der Waals surface area (Å²) >= 11 is 1.40. The highest BCUT2D eigenvalue weighted by Gasteiger charge is 2.14. The molecule has 0 aromatic heterocycles. The Balaban J connectivity index is 1.89. The molecule has 0 aliphatic rings. The predicted molar refractivity (Wildman–Crippen MR) is 97.3 cm³/mol. The lowest BCUT2D eigenvalue weighted by molar-refractivity contribution is -0.385. The SMILES string of the molecule is COc1ccc(/C=N\NC(=O)CSc2ccc(C)cc2)cc1[N+](=O)[O-]. The first-order chi connectivity index (χ1) is 12.0. The van der Waals surface area contributed by atoms with Crippen LogP contribution in [0.3, 0.4) is 0 Å². The number of hydrogen-bond donors (Lipinski definition) is 1. The average molecular weight is 359 g/mol. The van der Waals surface area contributed by atoms with Crippen molar-refractivity contribution in [3.63, 3.8) is 0 Å². The van der Waals surface area contributed by atoms with E-state index >= 15 is 0 Å². The molecule has 2 rings (SSSR count). The van der Waals surface area contributed by atoms with Crippen LogP contribution in [0.2, 0.25) is 0 Å². The number of hydrazone groups is 1. The second-order valence-electron chi connectivity index (χ2n) is 5.08. The zero-order valence-corrected chi connectivity index (χ0v) is 14.6. The minimum absolute atomic E-state index is 0.160. The molecule has 0 bridgehead atoms. The number of nitrogens with one attached hydrogen (secondary N) is 1. The summed E-state index contributed by atoms with van der Waals surface area (Å²) in [6.07, 6.45) is 1.35. The number of thioether (sulfide) groups is 1. The van der Waals surface area contributed by atoms with Crippen LogP contribution in [0, 0.1) is 17.0 Å². The van der Waals surface area contributed by atoms with Gasteiger partial charge in [-0.15, -0.1) is 11.8 Å². The van der Waals surface area contributed by atoms with Gasteiger partial charge in [0.2, 0.25) is 5.91 Å². The summed E-state index contributed by atoms with van der Waals surface area (Å²) in [7, 11) is 1.36. The van der Waals surface area contributed by atoms with Crippen molar-refractivity contribution in [3.8, 4) is 5.75 Å². The standard InChI is InChI=1S/C17H17N3O4S/c1-12-3-6-14(7-4-12)25-11-17(21)19-18-10-13-5-8-16(24-2)15(9-13)20(22)23/h3-10H,11H2,1-2H3,(H,19,21)/b18-10-. The van der Waals surface area contributed by atoms with Crippen LogP contribution in [0.1, 0.15) is 11.1 Å². The lowest BCUT2D eigenvalue weighted by atomic mass is 10.2. The number of hydrogen-bond acceptors (Lipinski definition) is 6. The number of methoxy groups -OCH3 is 1. The second-order valence-corrected chi connectivity index (χ2v) is 6.13. The molecule has 0 aliphatic carbocycles. The van der Waals surface area contributed by atoms with Gasteiger partial charge in [-0.2, -0.15) is 5.10 Å². The number of nitrogens with zero attached hydrogens (tertiary/aromatic N) is 2. The summed E-state index contributed by atoms with van der Waals surface area (Å²) in [6.45, 7) is 2.00. The molecule has 25 heavy (non-hydrogen) atoms. The average Bonchev–Trinajstić information content (AvgIpc) is 2.61. The van der Waals surface area contributed by atoms with Crippen LogP contribution in [0.4, 0.5) is 5.69 Å². The van der Waals surface area contributed by atoms with Crippen LogP contribution >= 0.6 is 11.8 Å². The monoisotopic (exact) mass is 359 g/mol. The quantitative estimate of drug-likeness (QED) is 0.355. The third-order valence-electron chi connectivity index (χ3n) is 3.19. The van der Waals surface area contributed by atoms with Crippen LogP contribution < -0.4 is 10.2 Å². The van der Waals surface area contributed by atoms with Crippen molar-refractivity contribution >= 4 is 29.6 Å². The second kappa shape index (κ2) is 8.84. The van der Waals surface area contributed by atoms with Gasteiger partial charge in [0.1, 0.15) is 0 Å². The lowest BCUT2D eigenvalue weighted by Crippen LogP contribution is -2.19. The molecule has 0 atom stereocenters. The van der Waals surface area contributed by atoms with Gasteiger partial charge >= 0.3 is 5.69 Å². The van der Waals surface area contributed by atoms with Crippen molar-refractivity contribution < 1.29 is 14.5 Å². The first-order valence-electron chi connectivity index (χ1n) is 7.33. The zero-order valence-electron chi connectivity index (χ0n) is 13.8. The molecule has 7 nitrogen and oxygen atoms in total. The first kappa shape index (κ1) is 18.5. The summed E-state index contributed by atoms with van der Waals surface area (Å²) in [5.41, 5.74) is 3.88. The Bertz CT molecular complexity index is 791. The topological polar surface area (TPSA) is 93.8 Å². The van der Waals surface area contributed by atoms with Gasteiger partial charge in [0.05, 0.1) is 24.0 Å². The van der Waals surface area contributed by atoms with Crippen molar-refractivity contribution in [3.05, 3.63) is 63.7 Å². The maximum atomic E-state index is 11.8. The smallest absolute Gasteiger partial charge is 0.311 e. The van der Waals surface area contributed by atoms with E-state index in [0.29, 0.717) is 5.56 Å². The molecular formula is C17H17N3O4S. The Hall–Kier alpha value is -2.87. The summed E-state index contributed by atoms with van der Waals surface area (Å²) in [6, 6.07) is 12.3. The van der Waals surface area contributed by atoms with Crippen molar-refractivity contribution in [1.29, 1.82) is 0 Å². The molecule has 0 radical (unpaired) electrons. The van der Waals surface area contributed by atoms with Gasteiger partial charge in [0, 0.05) is 16.5 Å². The normalized spacial score (nSPS) is 10.6. The number of nitro groups is 1. The highest BCUT2D eigenvalue weighted by atomic mass is 32.2. The zero-order chi connectivity index (χ0) is 18.2. The molecule has 0 saturated heterocycles. The first-order valence-corrected chi connectivity index (χ1v) is 8.32. The van der Waals surface area contributed by atoms with E-state index in [1.54, 1.807) is 6.07 Å². The molecule has 0 spiro atoms. The molecule has 0 aliphatic heterocycles. The highest BCUT2D eigenvalue weighted by Crippen LogP contribution is 2.26. The fraction of sp³-hybridized carbons (Fsp3) is 0.176. The van der Waals surface area contributed by atoms with Crippen LogP contribution in [-0.4, -0.2) is 29.9 Å². The Labute approximate surface area is 149 Å². The number of nitro benzene ring substituents is 1. The number of aryl methyl sites for hydroxylation is 1. The Morgan fingerprint density at radius 3 is 2.68 bits per heavy atom. The largest absolute Gasteiger partial charge is 0.490 e. The van der Waals surface area contributed by atoms with Gasteiger partial charge in [-0.25, -0.2) is 5.43 Å². The molecule has 2 aromatic carbocycles. The minimum Gasteiger partial charge on any atom is -0.490 e. The third kappa shape index (κ3) is 5.61. The summed E-state index contributed by atoms with van der Waals surface area (Å²) in [4.78, 5) is 23.2. The van der Waals surface area contributed by atoms with Crippen LogP contribution in [-0.2, 0) is 4.79 Å². The Morgan fingerprint density at radius 2 is 2.04 bits per heavy atom. The van der Waals surface area contributed by atoms with Crippen LogP contribution in [0.25, 0.3) is 0 Å². The Kier molecular flexibility index (Phi) is 6.53.